The molecule has 16 heavy (non-hydrogen) atoms. The molecule has 1 amide bonds. The highest BCUT2D eigenvalue weighted by molar-refractivity contribution is 8.13. The average Bonchev–Trinajstić information content (AvgIpc) is 1.99. The van der Waals surface area contributed by atoms with Crippen LogP contribution in [0.25, 0.3) is 0 Å². The molecule has 0 aromatic rings. The molecule has 0 aliphatic heterocycles. The van der Waals surface area contributed by atoms with E-state index in [4.69, 9.17) is 23.3 Å². The molecule has 0 rings (SSSR count). The van der Waals surface area contributed by atoms with Crippen LogP contribution in [0.5, 0.6) is 0 Å². The number of hydrogen-bond acceptors (Lipinski definition) is 5. The van der Waals surface area contributed by atoms with Crippen molar-refractivity contribution in [2.75, 3.05) is 19.3 Å². The lowest BCUT2D eigenvalue weighted by Gasteiger charge is -1.97. The van der Waals surface area contributed by atoms with E-state index in [1.165, 1.54) is 18.7 Å². The van der Waals surface area contributed by atoms with Crippen LogP contribution in [-0.2, 0) is 15.2 Å². The van der Waals surface area contributed by atoms with Crippen molar-refractivity contribution in [3.05, 3.63) is 0 Å². The van der Waals surface area contributed by atoms with Crippen LogP contribution >= 0.6 is 11.8 Å². The van der Waals surface area contributed by atoms with Crippen LogP contribution in [0.2, 0.25) is 0 Å². The summed E-state index contributed by atoms with van der Waals surface area (Å²) in [4.78, 5) is 13.9. The fourth-order valence-corrected chi connectivity index (χ4v) is 1.15. The number of rotatable bonds is 3. The zero-order valence-corrected chi connectivity index (χ0v) is 10.5. The molecule has 0 aromatic carbocycles. The molecule has 0 bridgehead atoms. The molecular weight excluding hydrogens is 258 g/mol. The van der Waals surface area contributed by atoms with E-state index in [0.29, 0.717) is 5.17 Å². The molecule has 0 atom stereocenters. The Balaban J connectivity index is 0. The topological polar surface area (TPSA) is 142 Å². The van der Waals surface area contributed by atoms with Crippen LogP contribution in [0.15, 0.2) is 4.99 Å². The van der Waals surface area contributed by atoms with E-state index in [0.717, 1.165) is 12.3 Å². The third-order valence-electron chi connectivity index (χ3n) is 0.870. The zero-order chi connectivity index (χ0) is 13.2. The summed E-state index contributed by atoms with van der Waals surface area (Å²) in [6, 6.07) is 0. The summed E-state index contributed by atoms with van der Waals surface area (Å²) < 4.78 is 31.6. The van der Waals surface area contributed by atoms with Crippen LogP contribution in [-0.4, -0.2) is 47.9 Å². The molecule has 0 saturated heterocycles. The van der Waals surface area contributed by atoms with Gasteiger partial charge in [-0.15, -0.1) is 0 Å². The molecule has 0 aromatic heterocycles. The van der Waals surface area contributed by atoms with Crippen LogP contribution < -0.4 is 11.1 Å². The van der Waals surface area contributed by atoms with Crippen molar-refractivity contribution in [1.82, 2.24) is 5.32 Å². The first-order valence-corrected chi connectivity index (χ1v) is 6.37. The van der Waals surface area contributed by atoms with E-state index in [-0.39, 0.29) is 5.91 Å². The summed E-state index contributed by atoms with van der Waals surface area (Å²) in [6.07, 6.45) is 0. The molecule has 5 N–H and O–H groups in total. The van der Waals surface area contributed by atoms with Gasteiger partial charge in [-0.3, -0.25) is 13.9 Å². The average molecular weight is 273 g/mol. The summed E-state index contributed by atoms with van der Waals surface area (Å²) >= 11 is 1.37. The lowest BCUT2D eigenvalue weighted by atomic mass is 10.7. The second-order valence-corrected chi connectivity index (χ2v) is 4.38. The van der Waals surface area contributed by atoms with Gasteiger partial charge in [0, 0.05) is 19.2 Å². The standard InChI is InChI=1S/C6H13N3OS.H2O4S/c1-5(10)9-6(7)11-4-3-8-2;1-5(2,3)4/h8H,3-4H2,1-2H3,(H2,7,9,10);(H2,1,2,3,4). The largest absolute Gasteiger partial charge is 0.394 e. The number of carbonyl (C=O) groups is 1. The molecule has 0 heterocycles. The van der Waals surface area contributed by atoms with Gasteiger partial charge < -0.3 is 11.1 Å². The lowest BCUT2D eigenvalue weighted by Crippen LogP contribution is -2.15. The maximum absolute atomic E-state index is 10.4. The number of amidine groups is 1. The minimum Gasteiger partial charge on any atom is -0.378 e. The monoisotopic (exact) mass is 273 g/mol. The zero-order valence-electron chi connectivity index (χ0n) is 8.87. The highest BCUT2D eigenvalue weighted by Gasteiger charge is 1.94. The lowest BCUT2D eigenvalue weighted by molar-refractivity contribution is -0.115. The summed E-state index contributed by atoms with van der Waals surface area (Å²) in [7, 11) is -2.81. The van der Waals surface area contributed by atoms with Gasteiger partial charge in [0.2, 0.25) is 5.91 Å². The van der Waals surface area contributed by atoms with Gasteiger partial charge in [-0.05, 0) is 7.05 Å². The molecule has 0 aliphatic carbocycles. The maximum atomic E-state index is 10.4. The van der Waals surface area contributed by atoms with Gasteiger partial charge in [-0.1, -0.05) is 11.8 Å². The van der Waals surface area contributed by atoms with Crippen molar-refractivity contribution < 1.29 is 22.3 Å². The Hall–Kier alpha value is -0.680. The summed E-state index contributed by atoms with van der Waals surface area (Å²) in [6.45, 7) is 2.24. The second-order valence-electron chi connectivity index (χ2n) is 2.37. The van der Waals surface area contributed by atoms with Gasteiger partial charge in [-0.25, -0.2) is 0 Å². The fourth-order valence-electron chi connectivity index (χ4n) is 0.445. The van der Waals surface area contributed by atoms with Gasteiger partial charge in [0.05, 0.1) is 0 Å². The van der Waals surface area contributed by atoms with Crippen molar-refractivity contribution in [3.63, 3.8) is 0 Å². The first kappa shape index (κ1) is 17.7. The first-order valence-electron chi connectivity index (χ1n) is 3.98. The van der Waals surface area contributed by atoms with E-state index in [1.807, 2.05) is 7.05 Å². The van der Waals surface area contributed by atoms with E-state index in [9.17, 15) is 4.79 Å². The Morgan fingerprint density at radius 3 is 2.25 bits per heavy atom. The van der Waals surface area contributed by atoms with Crippen molar-refractivity contribution in [3.8, 4) is 0 Å². The van der Waals surface area contributed by atoms with Crippen LogP contribution in [0.1, 0.15) is 6.92 Å². The van der Waals surface area contributed by atoms with Crippen molar-refractivity contribution in [2.24, 2.45) is 10.7 Å². The molecule has 10 heteroatoms. The number of carbonyl (C=O) groups excluding carboxylic acids is 1. The highest BCUT2D eigenvalue weighted by Crippen LogP contribution is 1.97. The van der Waals surface area contributed by atoms with E-state index in [1.54, 1.807) is 0 Å². The van der Waals surface area contributed by atoms with Crippen LogP contribution in [0.3, 0.4) is 0 Å². The minimum atomic E-state index is -4.67. The summed E-state index contributed by atoms with van der Waals surface area (Å²) in [5.41, 5.74) is 5.38. The van der Waals surface area contributed by atoms with E-state index < -0.39 is 10.4 Å². The van der Waals surface area contributed by atoms with Crippen molar-refractivity contribution in [2.45, 2.75) is 6.92 Å². The van der Waals surface area contributed by atoms with E-state index >= 15 is 0 Å². The Morgan fingerprint density at radius 2 is 1.94 bits per heavy atom. The van der Waals surface area contributed by atoms with Gasteiger partial charge in [-0.2, -0.15) is 13.4 Å². The van der Waals surface area contributed by atoms with E-state index in [2.05, 4.69) is 10.3 Å². The van der Waals surface area contributed by atoms with Gasteiger partial charge in [0.1, 0.15) is 0 Å². The molecule has 0 spiro atoms. The van der Waals surface area contributed by atoms with Gasteiger partial charge in [0.15, 0.2) is 5.17 Å². The molecule has 0 radical (unpaired) electrons. The third kappa shape index (κ3) is 29.2. The predicted molar refractivity (Wildman–Crippen MR) is 62.9 cm³/mol. The predicted octanol–water partition coefficient (Wildman–Crippen LogP) is -0.853. The maximum Gasteiger partial charge on any atom is 0.394 e. The number of nitrogens with zero attached hydrogens (tertiary/aromatic N) is 1. The smallest absolute Gasteiger partial charge is 0.378 e. The highest BCUT2D eigenvalue weighted by atomic mass is 32.3. The number of amides is 1. The Kier molecular flexibility index (Phi) is 10.6. The summed E-state index contributed by atoms with van der Waals surface area (Å²) in [5, 5.41) is 3.30. The normalized spacial score (nSPS) is 11.6. The van der Waals surface area contributed by atoms with Crippen LogP contribution in [0.4, 0.5) is 0 Å². The molecule has 0 saturated carbocycles. The Labute approximate surface area is 98.3 Å². The van der Waals surface area contributed by atoms with Crippen molar-refractivity contribution in [1.29, 1.82) is 0 Å². The number of hydrogen-bond donors (Lipinski definition) is 4. The number of thioether (sulfide) groups is 1. The number of nitrogens with two attached hydrogens (primary N) is 1. The number of aliphatic imine (C=N–C) groups is 1. The van der Waals surface area contributed by atoms with Crippen LogP contribution in [0, 0.1) is 0 Å². The van der Waals surface area contributed by atoms with Gasteiger partial charge in [0.25, 0.3) is 0 Å². The molecule has 0 fully saturated rings. The summed E-state index contributed by atoms with van der Waals surface area (Å²) in [5.74, 6) is 0.582. The van der Waals surface area contributed by atoms with Gasteiger partial charge >= 0.3 is 10.4 Å². The molecule has 96 valence electrons. The SMILES string of the molecule is CNCCSC(N)=NC(C)=O.O=S(=O)(O)O. The third-order valence-corrected chi connectivity index (χ3v) is 1.66. The molecule has 0 aliphatic rings. The fraction of sp³-hybridized carbons (Fsp3) is 0.667. The number of nitrogens with one attached hydrogen (secondary N) is 1. The second kappa shape index (κ2) is 9.54. The first-order chi connectivity index (χ1) is 7.16. The molecular formula is C6H15N3O5S2. The quantitative estimate of drug-likeness (QED) is 0.225. The van der Waals surface area contributed by atoms with Crippen molar-refractivity contribution >= 4 is 33.2 Å². The minimum absolute atomic E-state index is 0.251. The Bertz CT molecular complexity index is 319. The molecule has 0 unspecified atom stereocenters. The Morgan fingerprint density at radius 1 is 1.50 bits per heavy atom. The molecule has 8 nitrogen and oxygen atoms in total.